The molecule has 8 heteroatoms. The van der Waals surface area contributed by atoms with Crippen LogP contribution >= 0.6 is 31.9 Å². The van der Waals surface area contributed by atoms with Gasteiger partial charge in [-0.25, -0.2) is 13.4 Å². The fraction of sp³-hybridized carbons (Fsp3) is 0.0833. The second kappa shape index (κ2) is 5.71. The number of anilines is 2. The number of nitrogens with two attached hydrogens (primary N) is 1. The Labute approximate surface area is 133 Å². The molecule has 0 saturated carbocycles. The molecule has 0 unspecified atom stereocenters. The zero-order valence-corrected chi connectivity index (χ0v) is 14.4. The van der Waals surface area contributed by atoms with Crippen molar-refractivity contribution in [1.82, 2.24) is 4.98 Å². The van der Waals surface area contributed by atoms with Gasteiger partial charge in [-0.15, -0.1) is 0 Å². The molecule has 0 fully saturated rings. The number of nitrogen functional groups attached to an aromatic ring is 1. The van der Waals surface area contributed by atoms with Crippen molar-refractivity contribution in [3.05, 3.63) is 45.0 Å². The normalized spacial score (nSPS) is 11.3. The average molecular weight is 421 g/mol. The first-order valence-electron chi connectivity index (χ1n) is 5.49. The first kappa shape index (κ1) is 15.3. The summed E-state index contributed by atoms with van der Waals surface area (Å²) in [4.78, 5) is 4.07. The van der Waals surface area contributed by atoms with E-state index in [1.54, 1.807) is 19.1 Å². The van der Waals surface area contributed by atoms with Crippen molar-refractivity contribution >= 4 is 53.4 Å². The smallest absolute Gasteiger partial charge is 0.265 e. The van der Waals surface area contributed by atoms with Gasteiger partial charge in [0.15, 0.2) is 0 Å². The Morgan fingerprint density at radius 1 is 1.20 bits per heavy atom. The molecule has 5 nitrogen and oxygen atoms in total. The molecule has 3 N–H and O–H groups in total. The molecule has 0 amide bonds. The van der Waals surface area contributed by atoms with Crippen molar-refractivity contribution in [2.24, 2.45) is 0 Å². The largest absolute Gasteiger partial charge is 0.398 e. The molecule has 2 aromatic rings. The van der Waals surface area contributed by atoms with Gasteiger partial charge in [-0.3, -0.25) is 4.72 Å². The number of nitrogens with zero attached hydrogens (tertiary/aromatic N) is 1. The monoisotopic (exact) mass is 419 g/mol. The summed E-state index contributed by atoms with van der Waals surface area (Å²) in [5.74, 6) is 0.274. The minimum absolute atomic E-state index is 0.0184. The van der Waals surface area contributed by atoms with Crippen molar-refractivity contribution in [1.29, 1.82) is 0 Å². The van der Waals surface area contributed by atoms with Gasteiger partial charge < -0.3 is 5.73 Å². The number of pyridine rings is 1. The highest BCUT2D eigenvalue weighted by Gasteiger charge is 2.19. The van der Waals surface area contributed by atoms with Gasteiger partial charge in [-0.2, -0.15) is 0 Å². The van der Waals surface area contributed by atoms with Gasteiger partial charge in [-0.05, 0) is 52.7 Å². The molecule has 0 bridgehead atoms. The Bertz CT molecular complexity index is 763. The first-order valence-corrected chi connectivity index (χ1v) is 8.56. The maximum Gasteiger partial charge on any atom is 0.265 e. The molecule has 2 rings (SSSR count). The van der Waals surface area contributed by atoms with Crippen LogP contribution in [0.2, 0.25) is 0 Å². The third kappa shape index (κ3) is 3.31. The maximum atomic E-state index is 12.3. The van der Waals surface area contributed by atoms with E-state index in [1.807, 2.05) is 0 Å². The molecule has 1 aromatic carbocycles. The van der Waals surface area contributed by atoms with E-state index in [2.05, 4.69) is 41.6 Å². The quantitative estimate of drug-likeness (QED) is 0.746. The number of hydrogen-bond acceptors (Lipinski definition) is 4. The molecule has 0 saturated heterocycles. The van der Waals surface area contributed by atoms with Crippen LogP contribution in [0.3, 0.4) is 0 Å². The van der Waals surface area contributed by atoms with E-state index >= 15 is 0 Å². The number of hydrogen-bond donors (Lipinski definition) is 2. The SMILES string of the molecule is Cc1cc(Br)cnc1NS(=O)(=O)c1ccc(Br)cc1N. The van der Waals surface area contributed by atoms with Crippen molar-refractivity contribution in [3.63, 3.8) is 0 Å². The lowest BCUT2D eigenvalue weighted by atomic mass is 10.3. The molecular formula is C12H11Br2N3O2S. The lowest BCUT2D eigenvalue weighted by molar-refractivity contribution is 0.601. The first-order chi connectivity index (χ1) is 9.29. The summed E-state index contributed by atoms with van der Waals surface area (Å²) in [5.41, 5.74) is 6.62. The predicted octanol–water partition coefficient (Wildman–Crippen LogP) is 3.30. The Hall–Kier alpha value is -1.12. The lowest BCUT2D eigenvalue weighted by Gasteiger charge is -2.11. The number of aryl methyl sites for hydroxylation is 1. The summed E-state index contributed by atoms with van der Waals surface area (Å²) in [6, 6.07) is 6.37. The second-order valence-corrected chi connectivity index (χ2v) is 7.59. The lowest BCUT2D eigenvalue weighted by Crippen LogP contribution is -2.16. The second-order valence-electron chi connectivity index (χ2n) is 4.11. The number of aromatic nitrogens is 1. The number of rotatable bonds is 3. The standard InChI is InChI=1S/C12H11Br2N3O2S/c1-7-4-9(14)6-16-12(7)17-20(18,19)11-3-2-8(13)5-10(11)15/h2-6H,15H2,1H3,(H,16,17). The Morgan fingerprint density at radius 3 is 2.50 bits per heavy atom. The third-order valence-corrected chi connectivity index (χ3v) is 4.88. The topological polar surface area (TPSA) is 85.1 Å². The molecule has 1 heterocycles. The fourth-order valence-electron chi connectivity index (χ4n) is 1.59. The van der Waals surface area contributed by atoms with Gasteiger partial charge in [-0.1, -0.05) is 15.9 Å². The van der Waals surface area contributed by atoms with Gasteiger partial charge in [0.25, 0.3) is 10.0 Å². The van der Waals surface area contributed by atoms with Gasteiger partial charge in [0, 0.05) is 15.1 Å². The Kier molecular flexibility index (Phi) is 4.36. The van der Waals surface area contributed by atoms with E-state index in [1.165, 1.54) is 18.3 Å². The van der Waals surface area contributed by atoms with Gasteiger partial charge in [0.1, 0.15) is 10.7 Å². The average Bonchev–Trinajstić information content (AvgIpc) is 2.32. The zero-order chi connectivity index (χ0) is 14.9. The molecule has 106 valence electrons. The number of halogens is 2. The van der Waals surface area contributed by atoms with Crippen LogP contribution in [-0.4, -0.2) is 13.4 Å². The van der Waals surface area contributed by atoms with E-state index in [9.17, 15) is 8.42 Å². The van der Waals surface area contributed by atoms with Crippen molar-refractivity contribution in [3.8, 4) is 0 Å². The van der Waals surface area contributed by atoms with E-state index in [0.29, 0.717) is 10.0 Å². The van der Waals surface area contributed by atoms with Crippen LogP contribution in [-0.2, 0) is 10.0 Å². The highest BCUT2D eigenvalue weighted by Crippen LogP contribution is 2.25. The van der Waals surface area contributed by atoms with Gasteiger partial charge >= 0.3 is 0 Å². The van der Waals surface area contributed by atoms with Crippen molar-refractivity contribution in [2.45, 2.75) is 11.8 Å². The van der Waals surface area contributed by atoms with Crippen LogP contribution in [0.5, 0.6) is 0 Å². The van der Waals surface area contributed by atoms with E-state index < -0.39 is 10.0 Å². The molecule has 1 aromatic heterocycles. The van der Waals surface area contributed by atoms with Crippen LogP contribution in [0.1, 0.15) is 5.56 Å². The molecule has 0 spiro atoms. The predicted molar refractivity (Wildman–Crippen MR) is 86.0 cm³/mol. The van der Waals surface area contributed by atoms with Crippen LogP contribution in [0.25, 0.3) is 0 Å². The van der Waals surface area contributed by atoms with Crippen LogP contribution in [0.4, 0.5) is 11.5 Å². The zero-order valence-electron chi connectivity index (χ0n) is 10.4. The molecule has 20 heavy (non-hydrogen) atoms. The summed E-state index contributed by atoms with van der Waals surface area (Å²) < 4.78 is 28.6. The molecule has 0 radical (unpaired) electrons. The number of sulfonamides is 1. The van der Waals surface area contributed by atoms with Crippen LogP contribution in [0, 0.1) is 6.92 Å². The Balaban J connectivity index is 2.41. The number of nitrogens with one attached hydrogen (secondary N) is 1. The van der Waals surface area contributed by atoms with Crippen LogP contribution < -0.4 is 10.5 Å². The molecular weight excluding hydrogens is 410 g/mol. The fourth-order valence-corrected chi connectivity index (χ4v) is 3.61. The van der Waals surface area contributed by atoms with Crippen molar-refractivity contribution < 1.29 is 8.42 Å². The minimum atomic E-state index is -3.77. The van der Waals surface area contributed by atoms with E-state index in [0.717, 1.165) is 4.47 Å². The minimum Gasteiger partial charge on any atom is -0.398 e. The van der Waals surface area contributed by atoms with E-state index in [4.69, 9.17) is 5.73 Å². The summed E-state index contributed by atoms with van der Waals surface area (Å²) >= 11 is 6.51. The third-order valence-electron chi connectivity index (χ3n) is 2.54. The van der Waals surface area contributed by atoms with Gasteiger partial charge in [0.2, 0.25) is 0 Å². The summed E-state index contributed by atoms with van der Waals surface area (Å²) in [6.07, 6.45) is 1.52. The maximum absolute atomic E-state index is 12.3. The summed E-state index contributed by atoms with van der Waals surface area (Å²) in [6.45, 7) is 1.76. The summed E-state index contributed by atoms with van der Waals surface area (Å²) in [5, 5.41) is 0. The number of benzene rings is 1. The Morgan fingerprint density at radius 2 is 1.90 bits per heavy atom. The highest BCUT2D eigenvalue weighted by molar-refractivity contribution is 9.10. The summed E-state index contributed by atoms with van der Waals surface area (Å²) in [7, 11) is -3.77. The molecule has 0 aliphatic carbocycles. The molecule has 0 atom stereocenters. The van der Waals surface area contributed by atoms with Gasteiger partial charge in [0.05, 0.1) is 5.69 Å². The highest BCUT2D eigenvalue weighted by atomic mass is 79.9. The van der Waals surface area contributed by atoms with Crippen molar-refractivity contribution in [2.75, 3.05) is 10.5 Å². The molecule has 0 aliphatic heterocycles. The van der Waals surface area contributed by atoms with E-state index in [-0.39, 0.29) is 16.4 Å². The van der Waals surface area contributed by atoms with Crippen LogP contribution in [0.15, 0.2) is 44.3 Å². The molecule has 0 aliphatic rings.